The maximum absolute atomic E-state index is 10.0. The Balaban J connectivity index is 4.46. The third-order valence-electron chi connectivity index (χ3n) is 2.46. The highest BCUT2D eigenvalue weighted by atomic mass is 28.4. The predicted molar refractivity (Wildman–Crippen MR) is 58.4 cm³/mol. The van der Waals surface area contributed by atoms with Crippen molar-refractivity contribution in [2.75, 3.05) is 0 Å². The summed E-state index contributed by atoms with van der Waals surface area (Å²) >= 11 is 0. The monoisotopic (exact) mass is 206 g/mol. The van der Waals surface area contributed by atoms with Gasteiger partial charge in [0.15, 0.2) is 9.04 Å². The Morgan fingerprint density at radius 1 is 1.42 bits per heavy atom. The van der Waals surface area contributed by atoms with E-state index in [1.54, 1.807) is 0 Å². The molecule has 0 aromatic rings. The SMILES string of the molecule is CCC(C)(O[SiH](C)C)[Si](C)(C)O. The van der Waals surface area contributed by atoms with Crippen LogP contribution in [0.15, 0.2) is 0 Å². The number of hydrogen-bond acceptors (Lipinski definition) is 2. The van der Waals surface area contributed by atoms with Crippen molar-refractivity contribution in [3.63, 3.8) is 0 Å². The van der Waals surface area contributed by atoms with Crippen LogP contribution in [0, 0.1) is 0 Å². The molecular formula is C8H22O2Si2. The lowest BCUT2D eigenvalue weighted by Crippen LogP contribution is -2.55. The molecule has 0 aliphatic heterocycles. The Bertz CT molecular complexity index is 142. The third kappa shape index (κ3) is 3.01. The maximum Gasteiger partial charge on any atom is 0.212 e. The molecule has 0 aromatic heterocycles. The van der Waals surface area contributed by atoms with Crippen molar-refractivity contribution in [1.29, 1.82) is 0 Å². The quantitative estimate of drug-likeness (QED) is 0.712. The molecular weight excluding hydrogens is 184 g/mol. The molecule has 1 atom stereocenters. The van der Waals surface area contributed by atoms with Crippen LogP contribution in [0.5, 0.6) is 0 Å². The van der Waals surface area contributed by atoms with Gasteiger partial charge in [0.2, 0.25) is 8.32 Å². The molecule has 1 unspecified atom stereocenters. The highest BCUT2D eigenvalue weighted by Crippen LogP contribution is 2.26. The Kier molecular flexibility index (Phi) is 4.16. The predicted octanol–water partition coefficient (Wildman–Crippen LogP) is 1.89. The summed E-state index contributed by atoms with van der Waals surface area (Å²) in [5.41, 5.74) is 0. The van der Waals surface area contributed by atoms with Crippen LogP contribution in [0.1, 0.15) is 20.3 Å². The Labute approximate surface area is 78.8 Å². The van der Waals surface area contributed by atoms with E-state index < -0.39 is 17.4 Å². The van der Waals surface area contributed by atoms with Gasteiger partial charge in [-0.05, 0) is 39.5 Å². The van der Waals surface area contributed by atoms with E-state index in [9.17, 15) is 4.80 Å². The van der Waals surface area contributed by atoms with Gasteiger partial charge in [-0.25, -0.2) is 0 Å². The van der Waals surface area contributed by atoms with Gasteiger partial charge in [-0.1, -0.05) is 6.92 Å². The summed E-state index contributed by atoms with van der Waals surface area (Å²) in [5, 5.41) is -0.243. The lowest BCUT2D eigenvalue weighted by molar-refractivity contribution is 0.141. The number of hydrogen-bond donors (Lipinski definition) is 1. The van der Waals surface area contributed by atoms with Crippen LogP contribution in [-0.4, -0.2) is 27.4 Å². The second kappa shape index (κ2) is 4.04. The first-order valence-corrected chi connectivity index (χ1v) is 10.4. The van der Waals surface area contributed by atoms with Gasteiger partial charge >= 0.3 is 0 Å². The highest BCUT2D eigenvalue weighted by Gasteiger charge is 2.42. The second-order valence-electron chi connectivity index (χ2n) is 4.31. The van der Waals surface area contributed by atoms with Crippen molar-refractivity contribution in [3.8, 4) is 0 Å². The van der Waals surface area contributed by atoms with E-state index in [2.05, 4.69) is 20.0 Å². The summed E-state index contributed by atoms with van der Waals surface area (Å²) in [6.45, 7) is 12.3. The molecule has 12 heavy (non-hydrogen) atoms. The summed E-state index contributed by atoms with van der Waals surface area (Å²) in [6, 6.07) is 0. The third-order valence-corrected chi connectivity index (χ3v) is 6.75. The van der Waals surface area contributed by atoms with Crippen LogP contribution in [-0.2, 0) is 4.43 Å². The van der Waals surface area contributed by atoms with Crippen molar-refractivity contribution >= 4 is 17.4 Å². The van der Waals surface area contributed by atoms with Crippen LogP contribution in [0.3, 0.4) is 0 Å². The van der Waals surface area contributed by atoms with Gasteiger partial charge in [-0.15, -0.1) is 0 Å². The minimum atomic E-state index is -2.16. The molecule has 0 spiro atoms. The molecule has 0 fully saturated rings. The van der Waals surface area contributed by atoms with E-state index in [-0.39, 0.29) is 5.22 Å². The Morgan fingerprint density at radius 2 is 1.83 bits per heavy atom. The largest absolute Gasteiger partial charge is 0.429 e. The molecule has 74 valence electrons. The van der Waals surface area contributed by atoms with Crippen molar-refractivity contribution in [2.24, 2.45) is 0 Å². The standard InChI is InChI=1S/C8H22O2Si2/c1-7-8(2,10-11(3)4)12(5,6)9/h9,11H,7H2,1-6H3. The molecule has 1 N–H and O–H groups in total. The lowest BCUT2D eigenvalue weighted by Gasteiger charge is -2.39. The van der Waals surface area contributed by atoms with Gasteiger partial charge in [0.1, 0.15) is 0 Å². The molecule has 0 bridgehead atoms. The minimum Gasteiger partial charge on any atom is -0.429 e. The van der Waals surface area contributed by atoms with Gasteiger partial charge in [0.25, 0.3) is 0 Å². The fourth-order valence-corrected chi connectivity index (χ4v) is 5.11. The zero-order valence-corrected chi connectivity index (χ0v) is 11.3. The summed E-state index contributed by atoms with van der Waals surface area (Å²) in [5.74, 6) is 0. The summed E-state index contributed by atoms with van der Waals surface area (Å²) in [7, 11) is -3.20. The smallest absolute Gasteiger partial charge is 0.212 e. The molecule has 4 heteroatoms. The van der Waals surface area contributed by atoms with Gasteiger partial charge in [-0.2, -0.15) is 0 Å². The van der Waals surface area contributed by atoms with Crippen LogP contribution < -0.4 is 0 Å². The Morgan fingerprint density at radius 3 is 1.92 bits per heavy atom. The van der Waals surface area contributed by atoms with Gasteiger partial charge in [-0.3, -0.25) is 0 Å². The average molecular weight is 206 g/mol. The molecule has 0 aliphatic rings. The minimum absolute atomic E-state index is 0.243. The van der Waals surface area contributed by atoms with E-state index in [1.807, 2.05) is 20.0 Å². The molecule has 0 rings (SSSR count). The van der Waals surface area contributed by atoms with Crippen LogP contribution >= 0.6 is 0 Å². The topological polar surface area (TPSA) is 29.5 Å². The summed E-state index contributed by atoms with van der Waals surface area (Å²) < 4.78 is 5.90. The van der Waals surface area contributed by atoms with Crippen molar-refractivity contribution in [2.45, 2.75) is 51.7 Å². The molecule has 0 aliphatic carbocycles. The first-order chi connectivity index (χ1) is 5.23. The van der Waals surface area contributed by atoms with Gasteiger partial charge < -0.3 is 9.22 Å². The first kappa shape index (κ1) is 12.4. The summed E-state index contributed by atoms with van der Waals surface area (Å²) in [4.78, 5) is 10.0. The molecule has 0 saturated carbocycles. The molecule has 0 radical (unpaired) electrons. The zero-order chi connectivity index (χ0) is 9.99. The zero-order valence-electron chi connectivity index (χ0n) is 9.14. The van der Waals surface area contributed by atoms with E-state index in [4.69, 9.17) is 4.43 Å². The average Bonchev–Trinajstić information content (AvgIpc) is 1.83. The van der Waals surface area contributed by atoms with Crippen LogP contribution in [0.4, 0.5) is 0 Å². The van der Waals surface area contributed by atoms with Crippen molar-refractivity contribution in [1.82, 2.24) is 0 Å². The molecule has 0 saturated heterocycles. The molecule has 0 heterocycles. The van der Waals surface area contributed by atoms with Crippen LogP contribution in [0.25, 0.3) is 0 Å². The van der Waals surface area contributed by atoms with Crippen molar-refractivity contribution < 1.29 is 9.22 Å². The van der Waals surface area contributed by atoms with E-state index in [0.29, 0.717) is 0 Å². The molecule has 0 amide bonds. The molecule has 2 nitrogen and oxygen atoms in total. The van der Waals surface area contributed by atoms with E-state index in [0.717, 1.165) is 6.42 Å². The fraction of sp³-hybridized carbons (Fsp3) is 1.00. The normalized spacial score (nSPS) is 18.0. The van der Waals surface area contributed by atoms with E-state index >= 15 is 0 Å². The fourth-order valence-electron chi connectivity index (χ4n) is 1.18. The number of rotatable bonds is 4. The van der Waals surface area contributed by atoms with E-state index in [1.165, 1.54) is 0 Å². The van der Waals surface area contributed by atoms with Gasteiger partial charge in [0, 0.05) is 0 Å². The second-order valence-corrected chi connectivity index (χ2v) is 10.8. The van der Waals surface area contributed by atoms with Crippen molar-refractivity contribution in [3.05, 3.63) is 0 Å². The highest BCUT2D eigenvalue weighted by molar-refractivity contribution is 6.73. The summed E-state index contributed by atoms with van der Waals surface area (Å²) in [6.07, 6.45) is 0.911. The Hall–Kier alpha value is 0.354. The maximum atomic E-state index is 10.0. The molecule has 0 aromatic carbocycles. The lowest BCUT2D eigenvalue weighted by atomic mass is 10.3. The van der Waals surface area contributed by atoms with Crippen LogP contribution in [0.2, 0.25) is 26.2 Å². The first-order valence-electron chi connectivity index (χ1n) is 4.63. The van der Waals surface area contributed by atoms with Gasteiger partial charge in [0.05, 0.1) is 5.22 Å².